The highest BCUT2D eigenvalue weighted by molar-refractivity contribution is 9.09. The number of hydrogen-bond acceptors (Lipinski definition) is 0. The van der Waals surface area contributed by atoms with Crippen LogP contribution in [0.15, 0.2) is 0 Å². The first-order valence-electron chi connectivity index (χ1n) is 4.08. The zero-order valence-corrected chi connectivity index (χ0v) is 8.04. The Balaban J connectivity index is 2.34. The Labute approximate surface area is 74.5 Å². The van der Waals surface area contributed by atoms with E-state index in [0.29, 0.717) is 6.42 Å². The molecule has 0 aromatic rings. The SMILES string of the molecule is FC1(F)CCCC(CCBr)C1. The lowest BCUT2D eigenvalue weighted by Gasteiger charge is -2.28. The van der Waals surface area contributed by atoms with E-state index in [9.17, 15) is 8.78 Å². The molecule has 0 N–H and O–H groups in total. The average molecular weight is 227 g/mol. The van der Waals surface area contributed by atoms with Crippen LogP contribution in [0.25, 0.3) is 0 Å². The molecule has 0 aromatic carbocycles. The minimum Gasteiger partial charge on any atom is -0.207 e. The van der Waals surface area contributed by atoms with E-state index in [4.69, 9.17) is 0 Å². The van der Waals surface area contributed by atoms with Crippen LogP contribution in [-0.4, -0.2) is 11.3 Å². The molecular formula is C8H13BrF2. The van der Waals surface area contributed by atoms with Crippen molar-refractivity contribution < 1.29 is 8.78 Å². The molecule has 0 aliphatic heterocycles. The Morgan fingerprint density at radius 1 is 1.45 bits per heavy atom. The second kappa shape index (κ2) is 3.83. The Hall–Kier alpha value is 0.340. The van der Waals surface area contributed by atoms with Crippen molar-refractivity contribution in [2.24, 2.45) is 5.92 Å². The van der Waals surface area contributed by atoms with Crippen molar-refractivity contribution in [1.82, 2.24) is 0 Å². The molecule has 0 heterocycles. The van der Waals surface area contributed by atoms with Crippen molar-refractivity contribution in [3.8, 4) is 0 Å². The van der Waals surface area contributed by atoms with Gasteiger partial charge in [-0.2, -0.15) is 0 Å². The number of halogens is 3. The molecule has 1 aliphatic carbocycles. The molecule has 0 amide bonds. The average Bonchev–Trinajstić information content (AvgIpc) is 1.85. The second-order valence-corrected chi connectivity index (χ2v) is 4.09. The molecule has 3 heteroatoms. The van der Waals surface area contributed by atoms with Gasteiger partial charge in [-0.1, -0.05) is 15.9 Å². The molecule has 1 saturated carbocycles. The number of alkyl halides is 3. The third-order valence-corrected chi connectivity index (χ3v) is 2.72. The molecule has 0 nitrogen and oxygen atoms in total. The van der Waals surface area contributed by atoms with Gasteiger partial charge in [-0.05, 0) is 25.2 Å². The van der Waals surface area contributed by atoms with E-state index >= 15 is 0 Å². The topological polar surface area (TPSA) is 0 Å². The van der Waals surface area contributed by atoms with Gasteiger partial charge in [-0.3, -0.25) is 0 Å². The summed E-state index contributed by atoms with van der Waals surface area (Å²) in [6.45, 7) is 0. The van der Waals surface area contributed by atoms with Crippen molar-refractivity contribution in [2.75, 3.05) is 5.33 Å². The highest BCUT2D eigenvalue weighted by Gasteiger charge is 2.35. The second-order valence-electron chi connectivity index (χ2n) is 3.30. The molecular weight excluding hydrogens is 214 g/mol. The van der Waals surface area contributed by atoms with Gasteiger partial charge in [0.15, 0.2) is 0 Å². The molecule has 0 bridgehead atoms. The highest BCUT2D eigenvalue weighted by Crippen LogP contribution is 2.38. The fourth-order valence-corrected chi connectivity index (χ4v) is 2.32. The van der Waals surface area contributed by atoms with Crippen molar-refractivity contribution in [1.29, 1.82) is 0 Å². The van der Waals surface area contributed by atoms with Gasteiger partial charge in [-0.25, -0.2) is 8.78 Å². The molecule has 1 fully saturated rings. The van der Waals surface area contributed by atoms with Crippen molar-refractivity contribution in [2.45, 2.75) is 38.0 Å². The van der Waals surface area contributed by atoms with E-state index < -0.39 is 5.92 Å². The van der Waals surface area contributed by atoms with E-state index in [-0.39, 0.29) is 18.8 Å². The summed E-state index contributed by atoms with van der Waals surface area (Å²) in [5.41, 5.74) is 0. The predicted octanol–water partition coefficient (Wildman–Crippen LogP) is 3.60. The summed E-state index contributed by atoms with van der Waals surface area (Å²) in [5, 5.41) is 0.855. The smallest absolute Gasteiger partial charge is 0.207 e. The van der Waals surface area contributed by atoms with Gasteiger partial charge in [0.25, 0.3) is 0 Å². The molecule has 1 rings (SSSR count). The van der Waals surface area contributed by atoms with Crippen molar-refractivity contribution >= 4 is 15.9 Å². The third kappa shape index (κ3) is 3.06. The summed E-state index contributed by atoms with van der Waals surface area (Å²) in [7, 11) is 0. The maximum atomic E-state index is 12.8. The highest BCUT2D eigenvalue weighted by atomic mass is 79.9. The van der Waals surface area contributed by atoms with Crippen LogP contribution in [0.1, 0.15) is 32.1 Å². The summed E-state index contributed by atoms with van der Waals surface area (Å²) in [6, 6.07) is 0. The summed E-state index contributed by atoms with van der Waals surface area (Å²) in [4.78, 5) is 0. The van der Waals surface area contributed by atoms with Gasteiger partial charge in [0.1, 0.15) is 0 Å². The quantitative estimate of drug-likeness (QED) is 0.632. The van der Waals surface area contributed by atoms with Gasteiger partial charge in [0.2, 0.25) is 5.92 Å². The Morgan fingerprint density at radius 3 is 2.73 bits per heavy atom. The van der Waals surface area contributed by atoms with Crippen LogP contribution >= 0.6 is 15.9 Å². The molecule has 0 saturated heterocycles. The van der Waals surface area contributed by atoms with Crippen molar-refractivity contribution in [3.05, 3.63) is 0 Å². The first kappa shape index (κ1) is 9.43. The molecule has 11 heavy (non-hydrogen) atoms. The van der Waals surface area contributed by atoms with Crippen LogP contribution in [0.2, 0.25) is 0 Å². The first-order valence-corrected chi connectivity index (χ1v) is 5.20. The van der Waals surface area contributed by atoms with Crippen LogP contribution in [0, 0.1) is 5.92 Å². The van der Waals surface area contributed by atoms with E-state index in [0.717, 1.165) is 18.2 Å². The van der Waals surface area contributed by atoms with Crippen LogP contribution in [0.4, 0.5) is 8.78 Å². The van der Waals surface area contributed by atoms with Crippen LogP contribution in [-0.2, 0) is 0 Å². The zero-order valence-electron chi connectivity index (χ0n) is 6.45. The molecule has 66 valence electrons. The maximum absolute atomic E-state index is 12.8. The molecule has 0 aromatic heterocycles. The Kier molecular flexibility index (Phi) is 3.29. The number of rotatable bonds is 2. The molecule has 1 aliphatic rings. The normalized spacial score (nSPS) is 30.3. The van der Waals surface area contributed by atoms with E-state index in [1.807, 2.05) is 0 Å². The molecule has 1 atom stereocenters. The van der Waals surface area contributed by atoms with Crippen LogP contribution in [0.3, 0.4) is 0 Å². The fraction of sp³-hybridized carbons (Fsp3) is 1.00. The molecule has 1 unspecified atom stereocenters. The predicted molar refractivity (Wildman–Crippen MR) is 45.3 cm³/mol. The monoisotopic (exact) mass is 226 g/mol. The summed E-state index contributed by atoms with van der Waals surface area (Å²) in [5.74, 6) is -2.12. The summed E-state index contributed by atoms with van der Waals surface area (Å²) >= 11 is 3.28. The van der Waals surface area contributed by atoms with Crippen LogP contribution < -0.4 is 0 Å². The van der Waals surface area contributed by atoms with E-state index in [1.54, 1.807) is 0 Å². The third-order valence-electron chi connectivity index (χ3n) is 2.26. The van der Waals surface area contributed by atoms with E-state index in [2.05, 4.69) is 15.9 Å². The minimum atomic E-state index is -2.37. The maximum Gasteiger partial charge on any atom is 0.248 e. The van der Waals surface area contributed by atoms with Gasteiger partial charge in [0.05, 0.1) is 0 Å². The molecule has 0 radical (unpaired) electrons. The van der Waals surface area contributed by atoms with Gasteiger partial charge < -0.3 is 0 Å². The first-order chi connectivity index (χ1) is 5.14. The lowest BCUT2D eigenvalue weighted by molar-refractivity contribution is -0.0525. The zero-order chi connectivity index (χ0) is 8.32. The summed E-state index contributed by atoms with van der Waals surface area (Å²) < 4.78 is 25.5. The summed E-state index contributed by atoms with van der Waals surface area (Å²) in [6.07, 6.45) is 2.80. The Bertz CT molecular complexity index is 123. The van der Waals surface area contributed by atoms with E-state index in [1.165, 1.54) is 0 Å². The number of hydrogen-bond donors (Lipinski definition) is 0. The lowest BCUT2D eigenvalue weighted by atomic mass is 9.85. The van der Waals surface area contributed by atoms with Gasteiger partial charge in [-0.15, -0.1) is 0 Å². The standard InChI is InChI=1S/C8H13BrF2/c9-5-3-7-2-1-4-8(10,11)6-7/h7H,1-6H2. The minimum absolute atomic E-state index is 0.103. The van der Waals surface area contributed by atoms with Gasteiger partial charge in [0, 0.05) is 18.2 Å². The van der Waals surface area contributed by atoms with Crippen LogP contribution in [0.5, 0.6) is 0 Å². The molecule has 0 spiro atoms. The van der Waals surface area contributed by atoms with Crippen molar-refractivity contribution in [3.63, 3.8) is 0 Å². The largest absolute Gasteiger partial charge is 0.248 e. The van der Waals surface area contributed by atoms with Gasteiger partial charge >= 0.3 is 0 Å². The fourth-order valence-electron chi connectivity index (χ4n) is 1.68. The Morgan fingerprint density at radius 2 is 2.18 bits per heavy atom. The lowest BCUT2D eigenvalue weighted by Crippen LogP contribution is -2.26.